The molecule has 2 N–H and O–H groups in total. The van der Waals surface area contributed by atoms with Crippen molar-refractivity contribution < 1.29 is 14.3 Å². The summed E-state index contributed by atoms with van der Waals surface area (Å²) in [6.07, 6.45) is 1.83. The summed E-state index contributed by atoms with van der Waals surface area (Å²) in [6.45, 7) is 3.62. The number of pyridine rings is 1. The van der Waals surface area contributed by atoms with Crippen LogP contribution in [0.3, 0.4) is 0 Å². The highest BCUT2D eigenvalue weighted by Gasteiger charge is 2.30. The van der Waals surface area contributed by atoms with Crippen molar-refractivity contribution >= 4 is 34.6 Å². The van der Waals surface area contributed by atoms with Crippen molar-refractivity contribution in [2.24, 2.45) is 13.0 Å². The molecular formula is C28H26N6O3. The van der Waals surface area contributed by atoms with Gasteiger partial charge in [-0.1, -0.05) is 18.2 Å². The molecule has 1 aliphatic rings. The van der Waals surface area contributed by atoms with Crippen LogP contribution in [0.1, 0.15) is 42.6 Å². The molecule has 1 saturated carbocycles. The van der Waals surface area contributed by atoms with Crippen LogP contribution in [0.2, 0.25) is 0 Å². The van der Waals surface area contributed by atoms with Gasteiger partial charge in [0.25, 0.3) is 5.91 Å². The van der Waals surface area contributed by atoms with Crippen molar-refractivity contribution in [2.75, 3.05) is 10.6 Å². The number of aryl methyl sites for hydroxylation is 1. The van der Waals surface area contributed by atoms with E-state index in [-0.39, 0.29) is 17.7 Å². The maximum absolute atomic E-state index is 12.9. The number of benzene rings is 2. The smallest absolute Gasteiger partial charge is 0.255 e. The van der Waals surface area contributed by atoms with E-state index in [9.17, 15) is 14.9 Å². The Balaban J connectivity index is 1.31. The van der Waals surface area contributed by atoms with Crippen molar-refractivity contribution in [2.45, 2.75) is 32.1 Å². The highest BCUT2D eigenvalue weighted by Crippen LogP contribution is 2.31. The monoisotopic (exact) mass is 494 g/mol. The molecule has 0 aliphatic heterocycles. The molecule has 37 heavy (non-hydrogen) atoms. The predicted octanol–water partition coefficient (Wildman–Crippen LogP) is 5.16. The third-order valence-electron chi connectivity index (χ3n) is 6.31. The third kappa shape index (κ3) is 5.14. The number of nitrogens with zero attached hydrogens (tertiary/aromatic N) is 4. The molecule has 0 radical (unpaired) electrons. The normalized spacial score (nSPS) is 13.1. The van der Waals surface area contributed by atoms with Gasteiger partial charge in [-0.25, -0.2) is 4.98 Å². The number of imidazole rings is 1. The van der Waals surface area contributed by atoms with E-state index in [4.69, 9.17) is 4.74 Å². The second-order valence-corrected chi connectivity index (χ2v) is 9.65. The number of nitriles is 1. The molecule has 0 bridgehead atoms. The number of rotatable bonds is 7. The summed E-state index contributed by atoms with van der Waals surface area (Å²) < 4.78 is 7.68. The lowest BCUT2D eigenvalue weighted by atomic mass is 9.85. The molecule has 4 aromatic rings. The Morgan fingerprint density at radius 2 is 1.84 bits per heavy atom. The van der Waals surface area contributed by atoms with Crippen LogP contribution in [0.4, 0.5) is 11.6 Å². The molecule has 2 aromatic heterocycles. The first-order valence-electron chi connectivity index (χ1n) is 12.0. The van der Waals surface area contributed by atoms with Crippen LogP contribution in [0.25, 0.3) is 11.2 Å². The average Bonchev–Trinajstić information content (AvgIpc) is 3.70. The molecule has 2 amide bonds. The number of aromatic nitrogens is 3. The van der Waals surface area contributed by atoms with Crippen LogP contribution < -0.4 is 15.4 Å². The number of fused-ring (bicyclic) bond motifs is 1. The first-order valence-corrected chi connectivity index (χ1v) is 12.0. The minimum atomic E-state index is -0.699. The molecule has 186 valence electrons. The van der Waals surface area contributed by atoms with Crippen LogP contribution >= 0.6 is 0 Å². The van der Waals surface area contributed by atoms with Gasteiger partial charge in [-0.3, -0.25) is 19.5 Å². The molecule has 0 saturated heterocycles. The van der Waals surface area contributed by atoms with E-state index in [1.807, 2.05) is 19.9 Å². The van der Waals surface area contributed by atoms with E-state index in [2.05, 4.69) is 26.7 Å². The summed E-state index contributed by atoms with van der Waals surface area (Å²) in [4.78, 5) is 34.0. The summed E-state index contributed by atoms with van der Waals surface area (Å²) >= 11 is 0. The molecule has 9 nitrogen and oxygen atoms in total. The average molecular weight is 495 g/mol. The van der Waals surface area contributed by atoms with Crippen LogP contribution in [-0.2, 0) is 17.3 Å². The summed E-state index contributed by atoms with van der Waals surface area (Å²) in [5.74, 6) is 1.06. The van der Waals surface area contributed by atoms with Gasteiger partial charge in [-0.05, 0) is 62.6 Å². The summed E-state index contributed by atoms with van der Waals surface area (Å²) in [5, 5.41) is 15.1. The van der Waals surface area contributed by atoms with Crippen LogP contribution in [0.15, 0.2) is 60.7 Å². The Kier molecular flexibility index (Phi) is 6.09. The number of nitrogens with one attached hydrogen (secondary N) is 2. The largest absolute Gasteiger partial charge is 0.439 e. The third-order valence-corrected chi connectivity index (χ3v) is 6.31. The predicted molar refractivity (Wildman–Crippen MR) is 139 cm³/mol. The number of carbonyl (C=O) groups is 2. The number of hydrogen-bond donors (Lipinski definition) is 2. The van der Waals surface area contributed by atoms with Gasteiger partial charge in [0.1, 0.15) is 11.3 Å². The molecule has 0 spiro atoms. The molecule has 5 rings (SSSR count). The highest BCUT2D eigenvalue weighted by molar-refractivity contribution is 6.04. The number of amides is 2. The van der Waals surface area contributed by atoms with Gasteiger partial charge in [0, 0.05) is 36.3 Å². The second kappa shape index (κ2) is 9.39. The second-order valence-electron chi connectivity index (χ2n) is 9.65. The van der Waals surface area contributed by atoms with E-state index in [1.165, 1.54) is 0 Å². The van der Waals surface area contributed by atoms with Crippen molar-refractivity contribution in [1.82, 2.24) is 14.5 Å². The van der Waals surface area contributed by atoms with E-state index >= 15 is 0 Å². The van der Waals surface area contributed by atoms with Gasteiger partial charge in [-0.2, -0.15) is 10.2 Å². The topological polar surface area (TPSA) is 122 Å². The fraction of sp³-hybridized carbons (Fsp3) is 0.250. The zero-order valence-electron chi connectivity index (χ0n) is 20.8. The number of anilines is 2. The van der Waals surface area contributed by atoms with Crippen LogP contribution in [0, 0.1) is 17.2 Å². The van der Waals surface area contributed by atoms with Crippen molar-refractivity contribution in [3.63, 3.8) is 0 Å². The fourth-order valence-corrected chi connectivity index (χ4v) is 3.85. The standard InChI is InChI=1S/C28H26N6O3/c1-28(2,16-29)19-7-4-6-18(14-19)26(36)30-20-8-5-9-21(15-20)37-23-13-12-22-24(32-23)34(3)27(31-22)33-25(35)17-10-11-17/h4-9,12-15,17H,10-11H2,1-3H3,(H,30,36)(H,31,33,35). The molecule has 0 unspecified atom stereocenters. The quantitative estimate of drug-likeness (QED) is 0.366. The van der Waals surface area contributed by atoms with E-state index < -0.39 is 5.41 Å². The Morgan fingerprint density at radius 3 is 2.59 bits per heavy atom. The van der Waals surface area contributed by atoms with Gasteiger partial charge in [0.05, 0.1) is 11.5 Å². The molecule has 1 aliphatic carbocycles. The van der Waals surface area contributed by atoms with Gasteiger partial charge in [0.2, 0.25) is 17.7 Å². The molecule has 1 fully saturated rings. The highest BCUT2D eigenvalue weighted by atomic mass is 16.5. The maximum atomic E-state index is 12.9. The van der Waals surface area contributed by atoms with Gasteiger partial charge in [0.15, 0.2) is 5.65 Å². The Morgan fingerprint density at radius 1 is 1.05 bits per heavy atom. The molecule has 9 heteroatoms. The lowest BCUT2D eigenvalue weighted by Gasteiger charge is -2.16. The van der Waals surface area contributed by atoms with Gasteiger partial charge in [-0.15, -0.1) is 0 Å². The fourth-order valence-electron chi connectivity index (χ4n) is 3.85. The van der Waals surface area contributed by atoms with Crippen LogP contribution in [0.5, 0.6) is 11.6 Å². The lowest BCUT2D eigenvalue weighted by molar-refractivity contribution is -0.117. The zero-order chi connectivity index (χ0) is 26.2. The molecule has 2 aromatic carbocycles. The first kappa shape index (κ1) is 24.0. The van der Waals surface area contributed by atoms with E-state index in [0.717, 1.165) is 18.4 Å². The van der Waals surface area contributed by atoms with Gasteiger partial charge >= 0.3 is 0 Å². The Bertz CT molecular complexity index is 1560. The van der Waals surface area contributed by atoms with Gasteiger partial charge < -0.3 is 10.1 Å². The minimum absolute atomic E-state index is 0.0192. The molecule has 2 heterocycles. The molecular weight excluding hydrogens is 468 g/mol. The Labute approximate surface area is 214 Å². The SMILES string of the molecule is Cn1c(NC(=O)C2CC2)nc2ccc(Oc3cccc(NC(=O)c4cccc(C(C)(C)C#N)c4)c3)nc21. The summed E-state index contributed by atoms with van der Waals surface area (Å²) in [6, 6.07) is 19.8. The van der Waals surface area contributed by atoms with E-state index in [0.29, 0.717) is 40.0 Å². The van der Waals surface area contributed by atoms with Crippen molar-refractivity contribution in [3.05, 3.63) is 71.8 Å². The summed E-state index contributed by atoms with van der Waals surface area (Å²) in [7, 11) is 1.79. The van der Waals surface area contributed by atoms with Crippen LogP contribution in [-0.4, -0.2) is 26.3 Å². The number of ether oxygens (including phenoxy) is 1. The van der Waals surface area contributed by atoms with Crippen molar-refractivity contribution in [1.29, 1.82) is 5.26 Å². The number of hydrogen-bond acceptors (Lipinski definition) is 6. The maximum Gasteiger partial charge on any atom is 0.255 e. The zero-order valence-corrected chi connectivity index (χ0v) is 20.8. The Hall–Kier alpha value is -4.71. The first-order chi connectivity index (χ1) is 17.7. The summed E-state index contributed by atoms with van der Waals surface area (Å²) in [5.41, 5.74) is 2.30. The van der Waals surface area contributed by atoms with Crippen molar-refractivity contribution in [3.8, 4) is 17.7 Å². The number of carbonyl (C=O) groups excluding carboxylic acids is 2. The molecule has 0 atom stereocenters. The van der Waals surface area contributed by atoms with E-state index in [1.54, 1.807) is 66.2 Å². The lowest BCUT2D eigenvalue weighted by Crippen LogP contribution is -2.17. The minimum Gasteiger partial charge on any atom is -0.439 e.